The van der Waals surface area contributed by atoms with Gasteiger partial charge >= 0.3 is 6.03 Å². The first-order valence-corrected chi connectivity index (χ1v) is 5.28. The summed E-state index contributed by atoms with van der Waals surface area (Å²) in [4.78, 5) is 11.0. The van der Waals surface area contributed by atoms with Crippen molar-refractivity contribution in [3.63, 3.8) is 0 Å². The minimum Gasteiger partial charge on any atom is -0.337 e. The number of carbonyl (C=O) groups excluding carboxylic acids is 1. The monoisotopic (exact) mass is 180 g/mol. The van der Waals surface area contributed by atoms with Crippen molar-refractivity contribution >= 4 is 29.9 Å². The first-order valence-electron chi connectivity index (χ1n) is 2.92. The van der Waals surface area contributed by atoms with Crippen LogP contribution in [0, 0.1) is 0 Å². The predicted molar refractivity (Wildman–Crippen MR) is 47.9 cm³/mol. The fourth-order valence-corrected chi connectivity index (χ4v) is 1.51. The van der Waals surface area contributed by atoms with Gasteiger partial charge in [0.2, 0.25) is 0 Å². The molecule has 3 nitrogen and oxygen atoms in total. The van der Waals surface area contributed by atoms with Gasteiger partial charge in [-0.2, -0.15) is 0 Å². The van der Waals surface area contributed by atoms with Crippen molar-refractivity contribution in [1.29, 1.82) is 0 Å². The van der Waals surface area contributed by atoms with Crippen LogP contribution in [0.4, 0.5) is 4.79 Å². The average molecular weight is 180 g/mol. The van der Waals surface area contributed by atoms with Crippen LogP contribution in [0.1, 0.15) is 6.92 Å². The number of hydrogen-bond acceptors (Lipinski definition) is 3. The fourth-order valence-electron chi connectivity index (χ4n) is 0.456. The molecule has 0 radical (unpaired) electrons. The zero-order valence-electron chi connectivity index (χ0n) is 6.38. The average Bonchev–Trinajstić information content (AvgIpc) is 1.91. The summed E-state index contributed by atoms with van der Waals surface area (Å²) in [6, 6.07) is -0.0394. The minimum absolute atomic E-state index is 0.0394. The normalized spacial score (nSPS) is 9.10. The number of nitrogens with one attached hydrogen (secondary N) is 1. The van der Waals surface area contributed by atoms with Gasteiger partial charge < -0.3 is 5.32 Å². The smallest absolute Gasteiger partial charge is 0.337 e. The van der Waals surface area contributed by atoms with E-state index in [1.54, 1.807) is 3.71 Å². The highest BCUT2D eigenvalue weighted by molar-refractivity contribution is 8.12. The molecule has 0 unspecified atom stereocenters. The molecular formula is C5H12N2OS2. The molecular weight excluding hydrogens is 168 g/mol. The van der Waals surface area contributed by atoms with E-state index in [1.165, 1.54) is 23.9 Å². The highest BCUT2D eigenvalue weighted by Crippen LogP contribution is 2.15. The van der Waals surface area contributed by atoms with E-state index in [1.807, 2.05) is 19.4 Å². The third-order valence-electron chi connectivity index (χ3n) is 0.825. The lowest BCUT2D eigenvalue weighted by atomic mass is 10.7. The third-order valence-corrected chi connectivity index (χ3v) is 2.71. The number of hydrogen-bond donors (Lipinski definition) is 1. The Morgan fingerprint density at radius 1 is 1.50 bits per heavy atom. The Labute approximate surface area is 70.2 Å². The summed E-state index contributed by atoms with van der Waals surface area (Å²) in [6.45, 7) is 2.58. The van der Waals surface area contributed by atoms with Gasteiger partial charge in [0.15, 0.2) is 0 Å². The summed E-state index contributed by atoms with van der Waals surface area (Å²) in [6.07, 6.45) is 3.73. The number of rotatable bonds is 3. The Balaban J connectivity index is 3.65. The molecule has 0 aromatic heterocycles. The van der Waals surface area contributed by atoms with Crippen molar-refractivity contribution in [2.75, 3.05) is 19.1 Å². The lowest BCUT2D eigenvalue weighted by Gasteiger charge is -2.14. The summed E-state index contributed by atoms with van der Waals surface area (Å²) in [7, 11) is 0. The highest BCUT2D eigenvalue weighted by Gasteiger charge is 2.08. The predicted octanol–water partition coefficient (Wildman–Crippen LogP) is 1.57. The summed E-state index contributed by atoms with van der Waals surface area (Å²) in [5, 5.41) is 2.69. The Hall–Kier alpha value is -0.0300. The molecule has 0 rings (SSSR count). The topological polar surface area (TPSA) is 32.3 Å². The Kier molecular flexibility index (Phi) is 5.71. The van der Waals surface area contributed by atoms with Crippen LogP contribution in [0.5, 0.6) is 0 Å². The van der Waals surface area contributed by atoms with Gasteiger partial charge in [0.25, 0.3) is 0 Å². The Morgan fingerprint density at radius 3 is 2.30 bits per heavy atom. The van der Waals surface area contributed by atoms with Crippen LogP contribution < -0.4 is 5.32 Å². The molecule has 0 aromatic carbocycles. The van der Waals surface area contributed by atoms with Crippen molar-refractivity contribution < 1.29 is 4.79 Å². The zero-order chi connectivity index (χ0) is 7.98. The van der Waals surface area contributed by atoms with Crippen LogP contribution in [-0.2, 0) is 0 Å². The molecule has 60 valence electrons. The molecule has 0 aliphatic rings. The van der Waals surface area contributed by atoms with Gasteiger partial charge in [-0.25, -0.2) is 8.51 Å². The summed E-state index contributed by atoms with van der Waals surface area (Å²) >= 11 is 2.80. The summed E-state index contributed by atoms with van der Waals surface area (Å²) in [5.41, 5.74) is 0. The molecule has 0 atom stereocenters. The second-order valence-electron chi connectivity index (χ2n) is 1.46. The van der Waals surface area contributed by atoms with E-state index in [0.717, 1.165) is 0 Å². The maximum Gasteiger partial charge on any atom is 0.337 e. The third kappa shape index (κ3) is 3.22. The van der Waals surface area contributed by atoms with Crippen molar-refractivity contribution in [2.24, 2.45) is 0 Å². The molecule has 0 saturated carbocycles. The molecule has 0 bridgehead atoms. The molecule has 0 aliphatic heterocycles. The van der Waals surface area contributed by atoms with E-state index in [4.69, 9.17) is 0 Å². The van der Waals surface area contributed by atoms with Crippen LogP contribution in [0.25, 0.3) is 0 Å². The zero-order valence-corrected chi connectivity index (χ0v) is 8.01. The van der Waals surface area contributed by atoms with Crippen LogP contribution in [0.2, 0.25) is 0 Å². The SMILES string of the molecule is CCNC(=O)N(SC)SC. The Morgan fingerprint density at radius 2 is 2.00 bits per heavy atom. The van der Waals surface area contributed by atoms with Gasteiger partial charge in [-0.05, 0) is 30.8 Å². The van der Waals surface area contributed by atoms with E-state index < -0.39 is 0 Å². The number of amides is 2. The fraction of sp³-hybridized carbons (Fsp3) is 0.800. The molecule has 10 heavy (non-hydrogen) atoms. The molecule has 5 heteroatoms. The van der Waals surface area contributed by atoms with Crippen LogP contribution in [0.15, 0.2) is 0 Å². The second-order valence-corrected chi connectivity index (χ2v) is 3.15. The summed E-state index contributed by atoms with van der Waals surface area (Å²) < 4.78 is 1.59. The van der Waals surface area contributed by atoms with Gasteiger partial charge in [-0.15, -0.1) is 0 Å². The van der Waals surface area contributed by atoms with Crippen molar-refractivity contribution in [1.82, 2.24) is 9.03 Å². The summed E-state index contributed by atoms with van der Waals surface area (Å²) in [5.74, 6) is 0. The van der Waals surface area contributed by atoms with Crippen molar-refractivity contribution in [2.45, 2.75) is 6.92 Å². The Bertz CT molecular complexity index is 106. The highest BCUT2D eigenvalue weighted by atomic mass is 32.2. The maximum absolute atomic E-state index is 11.0. The standard InChI is InChI=1S/C5H12N2OS2/c1-4-6-5(8)7(9-2)10-3/h4H2,1-3H3,(H,6,8). The molecule has 0 heterocycles. The second kappa shape index (κ2) is 5.73. The quantitative estimate of drug-likeness (QED) is 0.669. The van der Waals surface area contributed by atoms with E-state index in [9.17, 15) is 4.79 Å². The lowest BCUT2D eigenvalue weighted by molar-refractivity contribution is 0.239. The molecule has 2 amide bonds. The molecule has 1 N–H and O–H groups in total. The maximum atomic E-state index is 11.0. The van der Waals surface area contributed by atoms with Crippen LogP contribution in [0.3, 0.4) is 0 Å². The van der Waals surface area contributed by atoms with Crippen molar-refractivity contribution in [3.05, 3.63) is 0 Å². The van der Waals surface area contributed by atoms with Gasteiger partial charge in [0.05, 0.1) is 0 Å². The van der Waals surface area contributed by atoms with Crippen LogP contribution >= 0.6 is 23.9 Å². The first-order chi connectivity index (χ1) is 4.76. The van der Waals surface area contributed by atoms with Gasteiger partial charge in [-0.3, -0.25) is 0 Å². The van der Waals surface area contributed by atoms with Gasteiger partial charge in [0.1, 0.15) is 0 Å². The molecule has 0 spiro atoms. The largest absolute Gasteiger partial charge is 0.337 e. The lowest BCUT2D eigenvalue weighted by Crippen LogP contribution is -2.30. The van der Waals surface area contributed by atoms with Crippen molar-refractivity contribution in [3.8, 4) is 0 Å². The number of urea groups is 1. The molecule has 0 aliphatic carbocycles. The van der Waals surface area contributed by atoms with E-state index >= 15 is 0 Å². The first kappa shape index (κ1) is 9.97. The van der Waals surface area contributed by atoms with E-state index in [0.29, 0.717) is 6.54 Å². The number of carbonyl (C=O) groups is 1. The molecule has 0 saturated heterocycles. The van der Waals surface area contributed by atoms with Gasteiger partial charge in [0, 0.05) is 19.1 Å². The number of nitrogens with zero attached hydrogens (tertiary/aromatic N) is 1. The van der Waals surface area contributed by atoms with Gasteiger partial charge in [-0.1, -0.05) is 0 Å². The minimum atomic E-state index is -0.0394. The van der Waals surface area contributed by atoms with Crippen LogP contribution in [-0.4, -0.2) is 28.8 Å². The molecule has 0 aromatic rings. The van der Waals surface area contributed by atoms with E-state index in [-0.39, 0.29) is 6.03 Å². The van der Waals surface area contributed by atoms with E-state index in [2.05, 4.69) is 5.32 Å². The molecule has 0 fully saturated rings.